The predicted molar refractivity (Wildman–Crippen MR) is 142 cm³/mol. The van der Waals surface area contributed by atoms with Crippen LogP contribution in [0.1, 0.15) is 25.3 Å². The number of ether oxygens (including phenoxy) is 1. The van der Waals surface area contributed by atoms with Crippen molar-refractivity contribution in [3.8, 4) is 28.4 Å². The minimum absolute atomic E-state index is 0.239. The molecule has 0 atom stereocenters. The van der Waals surface area contributed by atoms with Crippen LogP contribution in [-0.4, -0.2) is 100 Å². The van der Waals surface area contributed by atoms with E-state index in [1.165, 1.54) is 6.33 Å². The van der Waals surface area contributed by atoms with E-state index in [4.69, 9.17) is 14.8 Å². The van der Waals surface area contributed by atoms with E-state index in [0.717, 1.165) is 73.2 Å². The van der Waals surface area contributed by atoms with Gasteiger partial charge in [0.2, 0.25) is 0 Å². The number of hydrogen-bond acceptors (Lipinski definition) is 8. The molecule has 1 aliphatic rings. The fourth-order valence-corrected chi connectivity index (χ4v) is 4.80. The van der Waals surface area contributed by atoms with Crippen molar-refractivity contribution in [1.82, 2.24) is 39.6 Å². The van der Waals surface area contributed by atoms with E-state index in [9.17, 15) is 0 Å². The topological polar surface area (TPSA) is 90.7 Å². The monoisotopic (exact) mass is 489 g/mol. The molecule has 0 saturated carbocycles. The van der Waals surface area contributed by atoms with Crippen molar-refractivity contribution in [2.45, 2.75) is 19.8 Å². The molecule has 4 aromatic rings. The van der Waals surface area contributed by atoms with Gasteiger partial charge in [-0.15, -0.1) is 0 Å². The number of H-pyrrole nitrogens is 1. The van der Waals surface area contributed by atoms with Gasteiger partial charge in [0.05, 0.1) is 30.4 Å². The number of piperazine rings is 1. The van der Waals surface area contributed by atoms with E-state index in [-0.39, 0.29) is 5.92 Å². The number of rotatable bonds is 8. The fraction of sp³-hybridized carbons (Fsp3) is 0.462. The Labute approximate surface area is 211 Å². The number of nitrogens with one attached hydrogen (secondary N) is 1. The highest BCUT2D eigenvalue weighted by Gasteiger charge is 2.22. The lowest BCUT2D eigenvalue weighted by Gasteiger charge is -2.36. The summed E-state index contributed by atoms with van der Waals surface area (Å²) >= 11 is 0. The summed E-state index contributed by atoms with van der Waals surface area (Å²) in [5.41, 5.74) is 6.58. The maximum atomic E-state index is 5.56. The second kappa shape index (κ2) is 10.2. The van der Waals surface area contributed by atoms with Gasteiger partial charge in [-0.25, -0.2) is 9.50 Å². The number of likely N-dealkylation sites (N-methyl/N-ethyl adjacent to an activating group) is 1. The van der Waals surface area contributed by atoms with Crippen LogP contribution in [0.2, 0.25) is 0 Å². The van der Waals surface area contributed by atoms with Crippen molar-refractivity contribution < 1.29 is 4.74 Å². The molecule has 0 unspecified atom stereocenters. The van der Waals surface area contributed by atoms with E-state index in [1.807, 2.05) is 18.5 Å². The summed E-state index contributed by atoms with van der Waals surface area (Å²) in [4.78, 5) is 16.3. The largest absolute Gasteiger partial charge is 0.493 e. The molecule has 36 heavy (non-hydrogen) atoms. The summed E-state index contributed by atoms with van der Waals surface area (Å²) in [7, 11) is 5.90. The quantitative estimate of drug-likeness (QED) is 0.404. The Kier molecular flexibility index (Phi) is 6.88. The molecule has 1 N–H and O–H groups in total. The summed E-state index contributed by atoms with van der Waals surface area (Å²) in [5.74, 6) is 0.906. The van der Waals surface area contributed by atoms with E-state index in [2.05, 4.69) is 70.0 Å². The first kappa shape index (κ1) is 24.2. The molecule has 5 heterocycles. The molecule has 0 bridgehead atoms. The Morgan fingerprint density at radius 1 is 1.11 bits per heavy atom. The van der Waals surface area contributed by atoms with Gasteiger partial charge in [-0.05, 0) is 38.2 Å². The van der Waals surface area contributed by atoms with Crippen LogP contribution in [0.4, 0.5) is 5.69 Å². The van der Waals surface area contributed by atoms with Crippen LogP contribution < -0.4 is 9.64 Å². The van der Waals surface area contributed by atoms with Gasteiger partial charge >= 0.3 is 0 Å². The maximum Gasteiger partial charge on any atom is 0.197 e. The van der Waals surface area contributed by atoms with Crippen molar-refractivity contribution in [1.29, 1.82) is 0 Å². The number of fused-ring (bicyclic) bond motifs is 1. The predicted octanol–water partition coefficient (Wildman–Crippen LogP) is 3.00. The van der Waals surface area contributed by atoms with Gasteiger partial charge in [0.15, 0.2) is 11.4 Å². The summed E-state index contributed by atoms with van der Waals surface area (Å²) in [6, 6.07) is 6.23. The van der Waals surface area contributed by atoms with E-state index in [0.29, 0.717) is 11.4 Å². The molecule has 1 fully saturated rings. The van der Waals surface area contributed by atoms with E-state index in [1.54, 1.807) is 11.6 Å². The van der Waals surface area contributed by atoms with Gasteiger partial charge in [-0.1, -0.05) is 13.8 Å². The van der Waals surface area contributed by atoms with Crippen molar-refractivity contribution in [2.75, 3.05) is 65.4 Å². The normalized spacial score (nSPS) is 14.9. The molecule has 0 spiro atoms. The van der Waals surface area contributed by atoms with Gasteiger partial charge in [-0.3, -0.25) is 15.0 Å². The molecule has 10 heteroatoms. The summed E-state index contributed by atoms with van der Waals surface area (Å²) < 4.78 is 7.29. The molecule has 0 amide bonds. The third kappa shape index (κ3) is 4.78. The van der Waals surface area contributed by atoms with Gasteiger partial charge < -0.3 is 14.5 Å². The van der Waals surface area contributed by atoms with Crippen LogP contribution in [0.5, 0.6) is 5.75 Å². The SMILES string of the molecule is COc1cc(-c2[nH]nc(-c3ccc(N4CCN(CCN(C)C)CC4)cn3)c2C(C)C)cn2ncnc12. The highest BCUT2D eigenvalue weighted by atomic mass is 16.5. The molecule has 1 aliphatic heterocycles. The Morgan fingerprint density at radius 3 is 2.58 bits per heavy atom. The van der Waals surface area contributed by atoms with E-state index < -0.39 is 0 Å². The molecule has 1 saturated heterocycles. The third-order valence-corrected chi connectivity index (χ3v) is 6.82. The average molecular weight is 490 g/mol. The van der Waals surface area contributed by atoms with Gasteiger partial charge in [0.25, 0.3) is 0 Å². The number of pyridine rings is 2. The second-order valence-electron chi connectivity index (χ2n) is 9.87. The first-order chi connectivity index (χ1) is 17.4. The molecular formula is C26H35N9O. The van der Waals surface area contributed by atoms with Gasteiger partial charge in [0, 0.05) is 56.6 Å². The molecule has 0 radical (unpaired) electrons. The Bertz CT molecular complexity index is 1300. The minimum atomic E-state index is 0.239. The number of methoxy groups -OCH3 is 1. The van der Waals surface area contributed by atoms with Crippen LogP contribution in [0.15, 0.2) is 36.9 Å². The number of hydrogen-bond donors (Lipinski definition) is 1. The lowest BCUT2D eigenvalue weighted by molar-refractivity contribution is 0.229. The zero-order chi connectivity index (χ0) is 25.2. The highest BCUT2D eigenvalue weighted by molar-refractivity contribution is 5.75. The number of aromatic nitrogens is 6. The number of nitrogens with zero attached hydrogens (tertiary/aromatic N) is 8. The van der Waals surface area contributed by atoms with Crippen molar-refractivity contribution in [3.63, 3.8) is 0 Å². The standard InChI is InChI=1S/C26H35N9O/c1-18(2)23-24(19-14-22(36-5)26-28-17-29-35(26)16-19)30-31-25(23)21-7-6-20(15-27-21)34-12-10-33(11-13-34)9-8-32(3)4/h6-7,14-18H,8-13H2,1-5H3,(H,30,31). The molecular weight excluding hydrogens is 454 g/mol. The average Bonchev–Trinajstić information content (AvgIpc) is 3.55. The van der Waals surface area contributed by atoms with Crippen LogP contribution in [0, 0.1) is 0 Å². The lowest BCUT2D eigenvalue weighted by Crippen LogP contribution is -2.48. The van der Waals surface area contributed by atoms with Crippen LogP contribution in [0.25, 0.3) is 28.3 Å². The summed E-state index contributed by atoms with van der Waals surface area (Å²) in [5, 5.41) is 12.2. The Hall–Kier alpha value is -3.50. The zero-order valence-corrected chi connectivity index (χ0v) is 21.8. The Morgan fingerprint density at radius 2 is 1.92 bits per heavy atom. The summed E-state index contributed by atoms with van der Waals surface area (Å²) in [6.45, 7) is 10.8. The highest BCUT2D eigenvalue weighted by Crippen LogP contribution is 2.36. The molecule has 5 rings (SSSR count). The zero-order valence-electron chi connectivity index (χ0n) is 21.8. The van der Waals surface area contributed by atoms with Crippen molar-refractivity contribution in [3.05, 3.63) is 42.5 Å². The van der Waals surface area contributed by atoms with Crippen molar-refractivity contribution in [2.24, 2.45) is 0 Å². The van der Waals surface area contributed by atoms with Crippen LogP contribution >= 0.6 is 0 Å². The second-order valence-corrected chi connectivity index (χ2v) is 9.87. The first-order valence-electron chi connectivity index (χ1n) is 12.5. The first-order valence-corrected chi connectivity index (χ1v) is 12.5. The number of aromatic amines is 1. The van der Waals surface area contributed by atoms with Gasteiger partial charge in [-0.2, -0.15) is 10.2 Å². The summed E-state index contributed by atoms with van der Waals surface area (Å²) in [6.07, 6.45) is 5.45. The van der Waals surface area contributed by atoms with Crippen molar-refractivity contribution >= 4 is 11.3 Å². The smallest absolute Gasteiger partial charge is 0.197 e. The van der Waals surface area contributed by atoms with Gasteiger partial charge in [0.1, 0.15) is 12.0 Å². The van der Waals surface area contributed by atoms with Crippen LogP contribution in [0.3, 0.4) is 0 Å². The molecule has 10 nitrogen and oxygen atoms in total. The van der Waals surface area contributed by atoms with Crippen LogP contribution in [-0.2, 0) is 0 Å². The van der Waals surface area contributed by atoms with E-state index >= 15 is 0 Å². The fourth-order valence-electron chi connectivity index (χ4n) is 4.80. The molecule has 0 aliphatic carbocycles. The Balaban J connectivity index is 1.38. The minimum Gasteiger partial charge on any atom is -0.493 e. The molecule has 0 aromatic carbocycles. The molecule has 190 valence electrons. The third-order valence-electron chi connectivity index (χ3n) is 6.82. The number of anilines is 1. The lowest BCUT2D eigenvalue weighted by atomic mass is 9.96. The molecule has 4 aromatic heterocycles. The maximum absolute atomic E-state index is 5.56.